The van der Waals surface area contributed by atoms with E-state index < -0.39 is 5.92 Å². The first-order valence-corrected chi connectivity index (χ1v) is 14.1. The Bertz CT molecular complexity index is 1520. The van der Waals surface area contributed by atoms with E-state index in [1.165, 1.54) is 23.1 Å². The number of nitrogens with one attached hydrogen (secondary N) is 1. The Morgan fingerprint density at radius 3 is 2.79 bits per heavy atom. The van der Waals surface area contributed by atoms with Crippen molar-refractivity contribution in [2.75, 3.05) is 16.0 Å². The van der Waals surface area contributed by atoms with Gasteiger partial charge in [-0.3, -0.25) is 14.5 Å². The third kappa shape index (κ3) is 5.18. The number of halogens is 1. The molecule has 0 fully saturated rings. The van der Waals surface area contributed by atoms with Crippen LogP contribution in [0, 0.1) is 18.3 Å². The number of aromatic nitrogens is 2. The number of nitrogens with two attached hydrogens (primary N) is 1. The molecule has 38 heavy (non-hydrogen) atoms. The second-order valence-electron chi connectivity index (χ2n) is 8.92. The number of allylic oxidation sites excluding steroid dienone is 3. The fourth-order valence-corrected chi connectivity index (χ4v) is 6.51. The monoisotopic (exact) mass is 562 g/mol. The Balaban J connectivity index is 1.42. The number of carbonyl (C=O) groups excluding carboxylic acids is 2. The molecule has 0 bridgehead atoms. The summed E-state index contributed by atoms with van der Waals surface area (Å²) in [4.78, 5) is 27.3. The van der Waals surface area contributed by atoms with Gasteiger partial charge in [0.15, 0.2) is 10.1 Å². The summed E-state index contributed by atoms with van der Waals surface area (Å²) in [5, 5.41) is 22.5. The average Bonchev–Trinajstić information content (AvgIpc) is 3.36. The number of thioether (sulfide) groups is 1. The summed E-state index contributed by atoms with van der Waals surface area (Å²) in [7, 11) is 0. The van der Waals surface area contributed by atoms with Crippen LogP contribution in [-0.2, 0) is 9.59 Å². The van der Waals surface area contributed by atoms with Crippen LogP contribution in [0.3, 0.4) is 0 Å². The van der Waals surface area contributed by atoms with Crippen LogP contribution in [0.4, 0.5) is 10.8 Å². The molecule has 3 N–H and O–H groups in total. The quantitative estimate of drug-likeness (QED) is 0.375. The molecular weight excluding hydrogens is 540 g/mol. The van der Waals surface area contributed by atoms with Gasteiger partial charge in [0.25, 0.3) is 0 Å². The summed E-state index contributed by atoms with van der Waals surface area (Å²) in [6.45, 7) is 1.99. The van der Waals surface area contributed by atoms with Gasteiger partial charge in [0.1, 0.15) is 5.82 Å². The van der Waals surface area contributed by atoms with Crippen molar-refractivity contribution < 1.29 is 9.59 Å². The molecule has 1 unspecified atom stereocenters. The number of nitrogens with zero attached hydrogens (tertiary/aromatic N) is 4. The number of rotatable bonds is 6. The van der Waals surface area contributed by atoms with Crippen LogP contribution < -0.4 is 16.0 Å². The van der Waals surface area contributed by atoms with Crippen LogP contribution in [0.5, 0.6) is 0 Å². The molecule has 3 aromatic rings. The van der Waals surface area contributed by atoms with E-state index in [4.69, 9.17) is 17.3 Å². The molecule has 2 aliphatic rings. The van der Waals surface area contributed by atoms with E-state index in [2.05, 4.69) is 21.6 Å². The molecule has 1 aliphatic heterocycles. The lowest BCUT2D eigenvalue weighted by Gasteiger charge is -2.38. The largest absolute Gasteiger partial charge is 0.384 e. The van der Waals surface area contributed by atoms with Crippen molar-refractivity contribution in [3.05, 3.63) is 87.3 Å². The van der Waals surface area contributed by atoms with Gasteiger partial charge in [0.05, 0.1) is 23.3 Å². The Kier molecular flexibility index (Phi) is 7.51. The highest BCUT2D eigenvalue weighted by molar-refractivity contribution is 8.01. The van der Waals surface area contributed by atoms with E-state index in [0.717, 1.165) is 16.8 Å². The Hall–Kier alpha value is -3.65. The average molecular weight is 563 g/mol. The van der Waals surface area contributed by atoms with Crippen LogP contribution >= 0.6 is 34.7 Å². The Morgan fingerprint density at radius 2 is 2.05 bits per heavy atom. The first-order valence-electron chi connectivity index (χ1n) is 11.9. The number of carbonyl (C=O) groups is 2. The molecule has 1 amide bonds. The lowest BCUT2D eigenvalue weighted by atomic mass is 9.75. The molecule has 5 rings (SSSR count). The maximum Gasteiger partial charge on any atom is 0.234 e. The molecule has 1 atom stereocenters. The maximum absolute atomic E-state index is 13.2. The van der Waals surface area contributed by atoms with E-state index in [9.17, 15) is 14.9 Å². The fourth-order valence-electron chi connectivity index (χ4n) is 4.64. The van der Waals surface area contributed by atoms with Crippen LogP contribution in [0.25, 0.3) is 0 Å². The standard InChI is InChI=1S/C27H23ClN6O2S2/c1-15-8-10-16(11-9-15)23-19(13-29)25(30)34(20-6-3-7-21(35)24(20)23)26-32-33-27(38-26)37-14-22(36)31-18-5-2-4-17(28)12-18/h2,4-5,8-12,23H,3,6-7,14,30H2,1H3,(H,31,36). The molecule has 0 spiro atoms. The highest BCUT2D eigenvalue weighted by Crippen LogP contribution is 2.47. The number of amides is 1. The minimum Gasteiger partial charge on any atom is -0.384 e. The number of benzene rings is 2. The predicted molar refractivity (Wildman–Crippen MR) is 150 cm³/mol. The lowest BCUT2D eigenvalue weighted by Crippen LogP contribution is -2.38. The summed E-state index contributed by atoms with van der Waals surface area (Å²) in [6, 6.07) is 17.0. The van der Waals surface area contributed by atoms with E-state index in [1.807, 2.05) is 31.2 Å². The van der Waals surface area contributed by atoms with Gasteiger partial charge in [-0.25, -0.2) is 0 Å². The number of aryl methyl sites for hydroxylation is 1. The Labute approximate surface area is 233 Å². The smallest absolute Gasteiger partial charge is 0.234 e. The Morgan fingerprint density at radius 1 is 1.26 bits per heavy atom. The van der Waals surface area contributed by atoms with E-state index in [-0.39, 0.29) is 23.3 Å². The summed E-state index contributed by atoms with van der Waals surface area (Å²) in [5.41, 5.74) is 10.8. The summed E-state index contributed by atoms with van der Waals surface area (Å²) < 4.78 is 0.567. The minimum atomic E-state index is -0.517. The second-order valence-corrected chi connectivity index (χ2v) is 11.5. The van der Waals surface area contributed by atoms with Gasteiger partial charge in [0, 0.05) is 28.4 Å². The van der Waals surface area contributed by atoms with Gasteiger partial charge in [-0.15, -0.1) is 10.2 Å². The van der Waals surface area contributed by atoms with Gasteiger partial charge in [0.2, 0.25) is 11.0 Å². The fraction of sp³-hybridized carbons (Fsp3) is 0.222. The van der Waals surface area contributed by atoms with Gasteiger partial charge in [-0.2, -0.15) is 5.26 Å². The van der Waals surface area contributed by atoms with E-state index in [0.29, 0.717) is 50.6 Å². The molecule has 2 heterocycles. The van der Waals surface area contributed by atoms with Gasteiger partial charge < -0.3 is 11.1 Å². The highest BCUT2D eigenvalue weighted by atomic mass is 35.5. The molecule has 192 valence electrons. The molecule has 1 aromatic heterocycles. The van der Waals surface area contributed by atoms with Crippen LogP contribution in [0.2, 0.25) is 5.02 Å². The number of Topliss-reactive ketones (excluding diaryl/α,β-unsaturated/α-hetero) is 1. The van der Waals surface area contributed by atoms with Crippen molar-refractivity contribution in [2.24, 2.45) is 5.73 Å². The van der Waals surface area contributed by atoms with Crippen molar-refractivity contribution in [3.8, 4) is 6.07 Å². The number of ketones is 1. The maximum atomic E-state index is 13.2. The van der Waals surface area contributed by atoms with E-state index in [1.54, 1.807) is 29.2 Å². The van der Waals surface area contributed by atoms with Crippen molar-refractivity contribution in [3.63, 3.8) is 0 Å². The van der Waals surface area contributed by atoms with Crippen molar-refractivity contribution in [1.29, 1.82) is 5.26 Å². The van der Waals surface area contributed by atoms with Crippen molar-refractivity contribution in [1.82, 2.24) is 10.2 Å². The van der Waals surface area contributed by atoms with Crippen LogP contribution in [0.15, 0.2) is 75.5 Å². The second kappa shape index (κ2) is 11.0. The molecule has 0 saturated carbocycles. The molecule has 0 radical (unpaired) electrons. The predicted octanol–water partition coefficient (Wildman–Crippen LogP) is 5.54. The highest BCUT2D eigenvalue weighted by Gasteiger charge is 2.41. The summed E-state index contributed by atoms with van der Waals surface area (Å²) >= 11 is 8.48. The normalized spacial score (nSPS) is 17.3. The zero-order valence-electron chi connectivity index (χ0n) is 20.4. The third-order valence-corrected chi connectivity index (χ3v) is 8.62. The van der Waals surface area contributed by atoms with Gasteiger partial charge >= 0.3 is 0 Å². The third-order valence-electron chi connectivity index (χ3n) is 6.35. The van der Waals surface area contributed by atoms with Crippen molar-refractivity contribution >= 4 is 57.2 Å². The molecular formula is C27H23ClN6O2S2. The van der Waals surface area contributed by atoms with Crippen LogP contribution in [-0.4, -0.2) is 27.6 Å². The van der Waals surface area contributed by atoms with Gasteiger partial charge in [-0.05, 0) is 43.5 Å². The van der Waals surface area contributed by atoms with Gasteiger partial charge in [-0.1, -0.05) is 70.6 Å². The van der Waals surface area contributed by atoms with Crippen LogP contribution in [0.1, 0.15) is 36.3 Å². The molecule has 2 aromatic carbocycles. The van der Waals surface area contributed by atoms with E-state index >= 15 is 0 Å². The topological polar surface area (TPSA) is 125 Å². The molecule has 8 nitrogen and oxygen atoms in total. The summed E-state index contributed by atoms with van der Waals surface area (Å²) in [6.07, 6.45) is 1.74. The zero-order valence-corrected chi connectivity index (χ0v) is 22.8. The first kappa shape index (κ1) is 26.0. The number of hydrogen-bond acceptors (Lipinski definition) is 9. The first-order chi connectivity index (χ1) is 18.4. The molecule has 11 heteroatoms. The number of anilines is 2. The number of hydrogen-bond donors (Lipinski definition) is 2. The zero-order chi connectivity index (χ0) is 26.8. The lowest BCUT2D eigenvalue weighted by molar-refractivity contribution is -0.116. The molecule has 1 aliphatic carbocycles. The minimum absolute atomic E-state index is 0.0128. The number of nitriles is 1. The molecule has 0 saturated heterocycles. The van der Waals surface area contributed by atoms with Crippen molar-refractivity contribution in [2.45, 2.75) is 36.4 Å². The SMILES string of the molecule is Cc1ccc(C2C(C#N)=C(N)N(c3nnc(SCC(=O)Nc4cccc(Cl)c4)s3)C3=C2C(=O)CCC3)cc1. The summed E-state index contributed by atoms with van der Waals surface area (Å²) in [5.74, 6) is -0.340.